The van der Waals surface area contributed by atoms with Crippen molar-refractivity contribution in [3.63, 3.8) is 0 Å². The van der Waals surface area contributed by atoms with Gasteiger partial charge in [-0.1, -0.05) is 40.5 Å². The highest BCUT2D eigenvalue weighted by Crippen LogP contribution is 2.38. The molecule has 0 spiro atoms. The molecule has 126 valence electrons. The summed E-state index contributed by atoms with van der Waals surface area (Å²) < 4.78 is 5.31. The van der Waals surface area contributed by atoms with E-state index in [0.29, 0.717) is 5.41 Å². The van der Waals surface area contributed by atoms with Gasteiger partial charge in [-0.05, 0) is 36.6 Å². The fraction of sp³-hybridized carbons (Fsp3) is 1.00. The molecule has 1 aliphatic rings. The third-order valence-corrected chi connectivity index (χ3v) is 4.51. The Kier molecular flexibility index (Phi) is 8.84. The Bertz CT molecular complexity index is 260. The summed E-state index contributed by atoms with van der Waals surface area (Å²) in [7, 11) is 1.81. The molecular formula is C18H38N2O. The lowest BCUT2D eigenvalue weighted by Crippen LogP contribution is -2.45. The second kappa shape index (κ2) is 9.81. The second-order valence-corrected chi connectivity index (χ2v) is 7.85. The minimum Gasteiger partial charge on any atom is -0.383 e. The quantitative estimate of drug-likeness (QED) is 0.633. The lowest BCUT2D eigenvalue weighted by atomic mass is 9.85. The number of hydrogen-bond donors (Lipinski definition) is 1. The maximum absolute atomic E-state index is 5.31. The molecule has 3 heteroatoms. The van der Waals surface area contributed by atoms with Gasteiger partial charge in [-0.2, -0.15) is 0 Å². The predicted octanol–water partition coefficient (Wildman–Crippen LogP) is 3.40. The van der Waals surface area contributed by atoms with Crippen LogP contribution in [0.1, 0.15) is 53.4 Å². The van der Waals surface area contributed by atoms with Crippen molar-refractivity contribution in [2.24, 2.45) is 17.3 Å². The monoisotopic (exact) mass is 298 g/mol. The van der Waals surface area contributed by atoms with Gasteiger partial charge in [-0.3, -0.25) is 0 Å². The molecule has 21 heavy (non-hydrogen) atoms. The molecule has 3 nitrogen and oxygen atoms in total. The van der Waals surface area contributed by atoms with E-state index in [1.165, 1.54) is 45.3 Å². The Morgan fingerprint density at radius 2 is 1.76 bits per heavy atom. The molecule has 0 atom stereocenters. The lowest BCUT2D eigenvalue weighted by Gasteiger charge is -2.36. The first-order valence-electron chi connectivity index (χ1n) is 8.89. The number of nitrogens with one attached hydrogen (secondary N) is 1. The molecule has 0 saturated heterocycles. The van der Waals surface area contributed by atoms with E-state index >= 15 is 0 Å². The summed E-state index contributed by atoms with van der Waals surface area (Å²) in [5.41, 5.74) is 0.498. The fourth-order valence-corrected chi connectivity index (χ4v) is 3.59. The molecule has 1 N–H and O–H groups in total. The highest BCUT2D eigenvalue weighted by atomic mass is 16.5. The first-order valence-corrected chi connectivity index (χ1v) is 8.89. The number of methoxy groups -OCH3 is 1. The second-order valence-electron chi connectivity index (χ2n) is 7.85. The predicted molar refractivity (Wildman–Crippen MR) is 91.8 cm³/mol. The number of hydrogen-bond acceptors (Lipinski definition) is 3. The van der Waals surface area contributed by atoms with Gasteiger partial charge in [-0.25, -0.2) is 0 Å². The molecule has 1 aliphatic carbocycles. The standard InChI is InChI=1S/C18H38N2O/c1-16(2)12-19-14-18(8-6-7-9-18)15-20(10-11-21-5)13-17(3)4/h16-17,19H,6-15H2,1-5H3. The third-order valence-electron chi connectivity index (χ3n) is 4.51. The van der Waals surface area contributed by atoms with E-state index in [-0.39, 0.29) is 0 Å². The molecule has 0 unspecified atom stereocenters. The van der Waals surface area contributed by atoms with E-state index in [9.17, 15) is 0 Å². The van der Waals surface area contributed by atoms with Crippen LogP contribution in [0, 0.1) is 17.3 Å². The molecule has 1 saturated carbocycles. The van der Waals surface area contributed by atoms with Gasteiger partial charge in [0.25, 0.3) is 0 Å². The van der Waals surface area contributed by atoms with Crippen molar-refractivity contribution in [2.75, 3.05) is 46.4 Å². The molecule has 0 aromatic carbocycles. The Labute approximate surface area is 132 Å². The van der Waals surface area contributed by atoms with Gasteiger partial charge in [0.15, 0.2) is 0 Å². The molecule has 0 heterocycles. The van der Waals surface area contributed by atoms with E-state index in [1.807, 2.05) is 7.11 Å². The number of ether oxygens (including phenoxy) is 1. The van der Waals surface area contributed by atoms with Gasteiger partial charge >= 0.3 is 0 Å². The van der Waals surface area contributed by atoms with Crippen LogP contribution in [0.5, 0.6) is 0 Å². The Morgan fingerprint density at radius 1 is 1.10 bits per heavy atom. The molecule has 1 fully saturated rings. The number of nitrogens with zero attached hydrogens (tertiary/aromatic N) is 1. The highest BCUT2D eigenvalue weighted by Gasteiger charge is 2.35. The van der Waals surface area contributed by atoms with Crippen LogP contribution in [0.4, 0.5) is 0 Å². The van der Waals surface area contributed by atoms with Crippen molar-refractivity contribution >= 4 is 0 Å². The topological polar surface area (TPSA) is 24.5 Å². The van der Waals surface area contributed by atoms with E-state index in [4.69, 9.17) is 4.74 Å². The molecule has 1 rings (SSSR count). The summed E-state index contributed by atoms with van der Waals surface area (Å²) in [6, 6.07) is 0. The minimum absolute atomic E-state index is 0.498. The molecule has 0 aromatic rings. The van der Waals surface area contributed by atoms with Crippen LogP contribution in [0.25, 0.3) is 0 Å². The molecule has 0 bridgehead atoms. The average molecular weight is 299 g/mol. The zero-order chi connectivity index (χ0) is 15.7. The van der Waals surface area contributed by atoms with Crippen LogP contribution < -0.4 is 5.32 Å². The van der Waals surface area contributed by atoms with Gasteiger partial charge in [0.1, 0.15) is 0 Å². The maximum Gasteiger partial charge on any atom is 0.0589 e. The Balaban J connectivity index is 2.55. The summed E-state index contributed by atoms with van der Waals surface area (Å²) in [6.45, 7) is 15.9. The van der Waals surface area contributed by atoms with Crippen LogP contribution in [0.3, 0.4) is 0 Å². The van der Waals surface area contributed by atoms with Crippen LogP contribution in [-0.4, -0.2) is 51.3 Å². The summed E-state index contributed by atoms with van der Waals surface area (Å²) in [6.07, 6.45) is 5.59. The normalized spacial score (nSPS) is 18.3. The molecule has 0 radical (unpaired) electrons. The van der Waals surface area contributed by atoms with Crippen molar-refractivity contribution in [1.29, 1.82) is 0 Å². The molecule has 0 aliphatic heterocycles. The van der Waals surface area contributed by atoms with Crippen molar-refractivity contribution < 1.29 is 4.74 Å². The van der Waals surface area contributed by atoms with Gasteiger partial charge in [0, 0.05) is 33.3 Å². The fourth-order valence-electron chi connectivity index (χ4n) is 3.59. The largest absolute Gasteiger partial charge is 0.383 e. The average Bonchev–Trinajstić information content (AvgIpc) is 2.83. The molecule has 0 amide bonds. The summed E-state index contributed by atoms with van der Waals surface area (Å²) in [5.74, 6) is 1.47. The Morgan fingerprint density at radius 3 is 2.29 bits per heavy atom. The lowest BCUT2D eigenvalue weighted by molar-refractivity contribution is 0.0966. The van der Waals surface area contributed by atoms with E-state index in [0.717, 1.165) is 31.5 Å². The molecular weight excluding hydrogens is 260 g/mol. The first kappa shape index (κ1) is 18.9. The van der Waals surface area contributed by atoms with E-state index in [1.54, 1.807) is 0 Å². The van der Waals surface area contributed by atoms with Gasteiger partial charge in [0.05, 0.1) is 6.61 Å². The smallest absolute Gasteiger partial charge is 0.0589 e. The summed E-state index contributed by atoms with van der Waals surface area (Å²) in [4.78, 5) is 2.64. The maximum atomic E-state index is 5.31. The van der Waals surface area contributed by atoms with Crippen molar-refractivity contribution in [3.05, 3.63) is 0 Å². The third kappa shape index (κ3) is 7.62. The van der Waals surface area contributed by atoms with Crippen molar-refractivity contribution in [2.45, 2.75) is 53.4 Å². The van der Waals surface area contributed by atoms with Crippen LogP contribution in [0.15, 0.2) is 0 Å². The van der Waals surface area contributed by atoms with Gasteiger partial charge < -0.3 is 15.0 Å². The summed E-state index contributed by atoms with van der Waals surface area (Å²) >= 11 is 0. The van der Waals surface area contributed by atoms with Crippen LogP contribution >= 0.6 is 0 Å². The van der Waals surface area contributed by atoms with Gasteiger partial charge in [0.2, 0.25) is 0 Å². The highest BCUT2D eigenvalue weighted by molar-refractivity contribution is 4.89. The van der Waals surface area contributed by atoms with E-state index in [2.05, 4.69) is 37.9 Å². The van der Waals surface area contributed by atoms with Crippen LogP contribution in [0.2, 0.25) is 0 Å². The minimum atomic E-state index is 0.498. The van der Waals surface area contributed by atoms with E-state index < -0.39 is 0 Å². The van der Waals surface area contributed by atoms with Crippen LogP contribution in [-0.2, 0) is 4.74 Å². The Hall–Kier alpha value is -0.120. The SMILES string of the molecule is COCCN(CC(C)C)CC1(CNCC(C)C)CCCC1. The zero-order valence-electron chi connectivity index (χ0n) is 15.1. The number of rotatable bonds is 11. The molecule has 0 aromatic heterocycles. The van der Waals surface area contributed by atoms with Crippen molar-refractivity contribution in [1.82, 2.24) is 10.2 Å². The summed E-state index contributed by atoms with van der Waals surface area (Å²) in [5, 5.41) is 3.72. The van der Waals surface area contributed by atoms with Gasteiger partial charge in [-0.15, -0.1) is 0 Å². The zero-order valence-corrected chi connectivity index (χ0v) is 15.1. The first-order chi connectivity index (χ1) is 9.97. The van der Waals surface area contributed by atoms with Crippen molar-refractivity contribution in [3.8, 4) is 0 Å².